The van der Waals surface area contributed by atoms with Crippen molar-refractivity contribution in [2.45, 2.75) is 6.54 Å². The molecule has 0 fully saturated rings. The number of hydrogen-bond donors (Lipinski definition) is 2. The summed E-state index contributed by atoms with van der Waals surface area (Å²) in [6.45, 7) is 0.309. The number of nitrogens with zero attached hydrogens (tertiary/aromatic N) is 1. The SMILES string of the molecule is O=C(NCc1ccccc1Cl)c1cncc(Nc2ccccc2F)c1. The van der Waals surface area contributed by atoms with Crippen LogP contribution in [0.5, 0.6) is 0 Å². The number of hydrogen-bond acceptors (Lipinski definition) is 3. The van der Waals surface area contributed by atoms with Crippen molar-refractivity contribution in [1.29, 1.82) is 0 Å². The number of anilines is 2. The molecule has 0 spiro atoms. The van der Waals surface area contributed by atoms with Crippen LogP contribution in [0.3, 0.4) is 0 Å². The van der Waals surface area contributed by atoms with Crippen LogP contribution in [0.2, 0.25) is 5.02 Å². The molecule has 0 radical (unpaired) electrons. The summed E-state index contributed by atoms with van der Waals surface area (Å²) < 4.78 is 13.7. The Kier molecular flexibility index (Phi) is 5.26. The quantitative estimate of drug-likeness (QED) is 0.706. The smallest absolute Gasteiger partial charge is 0.253 e. The third kappa shape index (κ3) is 4.33. The molecule has 1 heterocycles. The van der Waals surface area contributed by atoms with Gasteiger partial charge in [-0.1, -0.05) is 41.9 Å². The van der Waals surface area contributed by atoms with Crippen LogP contribution in [-0.2, 0) is 6.54 Å². The zero-order valence-corrected chi connectivity index (χ0v) is 13.9. The minimum atomic E-state index is -0.379. The summed E-state index contributed by atoms with van der Waals surface area (Å²) in [5, 5.41) is 6.30. The first-order valence-electron chi connectivity index (χ1n) is 7.61. The fourth-order valence-electron chi connectivity index (χ4n) is 2.27. The molecule has 3 rings (SSSR count). The lowest BCUT2D eigenvalue weighted by Gasteiger charge is -2.10. The van der Waals surface area contributed by atoms with Gasteiger partial charge < -0.3 is 10.6 Å². The highest BCUT2D eigenvalue weighted by Crippen LogP contribution is 2.20. The van der Waals surface area contributed by atoms with Crippen LogP contribution < -0.4 is 10.6 Å². The number of benzene rings is 2. The van der Waals surface area contributed by atoms with Gasteiger partial charge in [-0.3, -0.25) is 9.78 Å². The van der Waals surface area contributed by atoms with E-state index in [0.717, 1.165) is 5.56 Å². The van der Waals surface area contributed by atoms with Gasteiger partial charge in [0.05, 0.1) is 23.1 Å². The van der Waals surface area contributed by atoms with Crippen molar-refractivity contribution in [1.82, 2.24) is 10.3 Å². The van der Waals surface area contributed by atoms with Gasteiger partial charge in [0, 0.05) is 17.8 Å². The van der Waals surface area contributed by atoms with Gasteiger partial charge in [-0.15, -0.1) is 0 Å². The van der Waals surface area contributed by atoms with E-state index >= 15 is 0 Å². The first-order valence-corrected chi connectivity index (χ1v) is 7.99. The van der Waals surface area contributed by atoms with E-state index in [-0.39, 0.29) is 11.7 Å². The Morgan fingerprint density at radius 1 is 1.08 bits per heavy atom. The molecule has 6 heteroatoms. The van der Waals surface area contributed by atoms with Gasteiger partial charge >= 0.3 is 0 Å². The number of halogens is 2. The molecule has 2 N–H and O–H groups in total. The summed E-state index contributed by atoms with van der Waals surface area (Å²) >= 11 is 6.07. The van der Waals surface area contributed by atoms with E-state index in [1.807, 2.05) is 18.2 Å². The number of aromatic nitrogens is 1. The summed E-state index contributed by atoms with van der Waals surface area (Å²) in [7, 11) is 0. The number of carbonyl (C=O) groups excluding carboxylic acids is 1. The van der Waals surface area contributed by atoms with Gasteiger partial charge in [0.2, 0.25) is 0 Å². The van der Waals surface area contributed by atoms with Crippen LogP contribution in [0.4, 0.5) is 15.8 Å². The Bertz CT molecular complexity index is 901. The minimum Gasteiger partial charge on any atom is -0.352 e. The van der Waals surface area contributed by atoms with Gasteiger partial charge in [0.25, 0.3) is 5.91 Å². The zero-order valence-electron chi connectivity index (χ0n) is 13.2. The lowest BCUT2D eigenvalue weighted by molar-refractivity contribution is 0.0950. The molecule has 25 heavy (non-hydrogen) atoms. The molecule has 1 aromatic heterocycles. The first kappa shape index (κ1) is 16.9. The lowest BCUT2D eigenvalue weighted by atomic mass is 10.2. The molecule has 0 unspecified atom stereocenters. The highest BCUT2D eigenvalue weighted by molar-refractivity contribution is 6.31. The predicted octanol–water partition coefficient (Wildman–Crippen LogP) is 4.55. The molecule has 0 saturated heterocycles. The van der Waals surface area contributed by atoms with Crippen molar-refractivity contribution in [2.75, 3.05) is 5.32 Å². The van der Waals surface area contributed by atoms with Crippen molar-refractivity contribution in [3.05, 3.63) is 89.0 Å². The maximum atomic E-state index is 13.7. The molecular formula is C19H15ClFN3O. The zero-order chi connectivity index (χ0) is 17.6. The first-order chi connectivity index (χ1) is 12.1. The molecule has 0 aliphatic carbocycles. The third-order valence-corrected chi connectivity index (χ3v) is 3.92. The molecule has 0 aliphatic rings. The molecule has 126 valence electrons. The summed E-state index contributed by atoms with van der Waals surface area (Å²) in [5.74, 6) is -0.666. The Morgan fingerprint density at radius 2 is 1.84 bits per heavy atom. The number of para-hydroxylation sites is 1. The van der Waals surface area contributed by atoms with E-state index in [1.54, 1.807) is 30.3 Å². The summed E-state index contributed by atoms with van der Waals surface area (Å²) in [6.07, 6.45) is 2.98. The summed E-state index contributed by atoms with van der Waals surface area (Å²) in [6, 6.07) is 15.2. The fourth-order valence-corrected chi connectivity index (χ4v) is 2.47. The second-order valence-electron chi connectivity index (χ2n) is 5.34. The van der Waals surface area contributed by atoms with Crippen molar-refractivity contribution in [3.8, 4) is 0 Å². The molecule has 0 aliphatic heterocycles. The molecule has 4 nitrogen and oxygen atoms in total. The van der Waals surface area contributed by atoms with Crippen LogP contribution in [0.15, 0.2) is 67.0 Å². The van der Waals surface area contributed by atoms with E-state index in [1.165, 1.54) is 18.5 Å². The summed E-state index contributed by atoms with van der Waals surface area (Å²) in [5.41, 5.74) is 2.04. The summed E-state index contributed by atoms with van der Waals surface area (Å²) in [4.78, 5) is 16.3. The highest BCUT2D eigenvalue weighted by atomic mass is 35.5. The Balaban J connectivity index is 1.69. The second-order valence-corrected chi connectivity index (χ2v) is 5.75. The van der Waals surface area contributed by atoms with Crippen LogP contribution >= 0.6 is 11.6 Å². The predicted molar refractivity (Wildman–Crippen MR) is 96.5 cm³/mol. The molecule has 1 amide bonds. The number of nitrogens with one attached hydrogen (secondary N) is 2. The Labute approximate surface area is 149 Å². The number of pyridine rings is 1. The Morgan fingerprint density at radius 3 is 2.64 bits per heavy atom. The molecule has 0 saturated carbocycles. The Hall–Kier alpha value is -2.92. The average molecular weight is 356 g/mol. The van der Waals surface area contributed by atoms with Crippen molar-refractivity contribution in [3.63, 3.8) is 0 Å². The van der Waals surface area contributed by atoms with Gasteiger partial charge in [-0.2, -0.15) is 0 Å². The van der Waals surface area contributed by atoms with E-state index in [9.17, 15) is 9.18 Å². The monoisotopic (exact) mass is 355 g/mol. The van der Waals surface area contributed by atoms with E-state index in [2.05, 4.69) is 15.6 Å². The van der Waals surface area contributed by atoms with E-state index in [4.69, 9.17) is 11.6 Å². The molecule has 0 bridgehead atoms. The fraction of sp³-hybridized carbons (Fsp3) is 0.0526. The van der Waals surface area contributed by atoms with Gasteiger partial charge in [0.1, 0.15) is 5.82 Å². The van der Waals surface area contributed by atoms with Crippen molar-refractivity contribution >= 4 is 28.9 Å². The standard InChI is InChI=1S/C19H15ClFN3O/c20-16-6-2-1-5-13(16)11-23-19(25)14-9-15(12-22-10-14)24-18-8-4-3-7-17(18)21/h1-10,12,24H,11H2,(H,23,25). The van der Waals surface area contributed by atoms with Crippen LogP contribution in [0.25, 0.3) is 0 Å². The highest BCUT2D eigenvalue weighted by Gasteiger charge is 2.09. The molecule has 2 aromatic carbocycles. The van der Waals surface area contributed by atoms with Gasteiger partial charge in [0.15, 0.2) is 0 Å². The molecular weight excluding hydrogens is 341 g/mol. The van der Waals surface area contributed by atoms with Gasteiger partial charge in [-0.05, 0) is 29.8 Å². The van der Waals surface area contributed by atoms with Crippen molar-refractivity contribution < 1.29 is 9.18 Å². The lowest BCUT2D eigenvalue weighted by Crippen LogP contribution is -2.23. The maximum Gasteiger partial charge on any atom is 0.253 e. The van der Waals surface area contributed by atoms with Crippen molar-refractivity contribution in [2.24, 2.45) is 0 Å². The number of carbonyl (C=O) groups is 1. The van der Waals surface area contributed by atoms with Crippen LogP contribution in [0, 0.1) is 5.82 Å². The molecule has 0 atom stereocenters. The van der Waals surface area contributed by atoms with Crippen LogP contribution in [0.1, 0.15) is 15.9 Å². The third-order valence-electron chi connectivity index (χ3n) is 3.55. The van der Waals surface area contributed by atoms with Crippen LogP contribution in [-0.4, -0.2) is 10.9 Å². The topological polar surface area (TPSA) is 54.0 Å². The minimum absolute atomic E-state index is 0.287. The largest absolute Gasteiger partial charge is 0.352 e. The average Bonchev–Trinajstić information content (AvgIpc) is 2.63. The maximum absolute atomic E-state index is 13.7. The number of amides is 1. The van der Waals surface area contributed by atoms with E-state index in [0.29, 0.717) is 28.5 Å². The normalized spacial score (nSPS) is 10.3. The van der Waals surface area contributed by atoms with E-state index < -0.39 is 0 Å². The second kappa shape index (κ2) is 7.77. The molecule has 3 aromatic rings. The van der Waals surface area contributed by atoms with Gasteiger partial charge in [-0.25, -0.2) is 4.39 Å². The number of rotatable bonds is 5.